The standard InChI is InChI=1S/C15H14ClN7O/c16-11-1-3-12(4-2-11)23-14(10-22-17-6-7-18-22)19-20-15(23)21-8-5-13(24)9-21/h1-4,6-7H,5,8-10H2. The van der Waals surface area contributed by atoms with Gasteiger partial charge in [-0.3, -0.25) is 9.36 Å². The summed E-state index contributed by atoms with van der Waals surface area (Å²) < 4.78 is 1.91. The number of benzene rings is 1. The van der Waals surface area contributed by atoms with Crippen molar-refractivity contribution in [1.82, 2.24) is 29.8 Å². The van der Waals surface area contributed by atoms with Crippen molar-refractivity contribution in [2.24, 2.45) is 0 Å². The number of aromatic nitrogens is 6. The number of halogens is 1. The number of ketones is 1. The summed E-state index contributed by atoms with van der Waals surface area (Å²) in [6.45, 7) is 1.38. The van der Waals surface area contributed by atoms with Crippen LogP contribution in [-0.4, -0.2) is 48.6 Å². The van der Waals surface area contributed by atoms with E-state index in [2.05, 4.69) is 20.4 Å². The maximum absolute atomic E-state index is 11.6. The number of anilines is 1. The second-order valence-corrected chi connectivity index (χ2v) is 5.93. The van der Waals surface area contributed by atoms with Gasteiger partial charge in [0.1, 0.15) is 6.54 Å². The molecule has 0 amide bonds. The molecule has 24 heavy (non-hydrogen) atoms. The maximum Gasteiger partial charge on any atom is 0.232 e. The lowest BCUT2D eigenvalue weighted by Crippen LogP contribution is -2.24. The van der Waals surface area contributed by atoms with Gasteiger partial charge in [0.15, 0.2) is 11.6 Å². The fourth-order valence-electron chi connectivity index (χ4n) is 2.72. The van der Waals surface area contributed by atoms with Gasteiger partial charge in [-0.05, 0) is 24.3 Å². The van der Waals surface area contributed by atoms with E-state index in [0.717, 1.165) is 5.69 Å². The van der Waals surface area contributed by atoms with Gasteiger partial charge in [0.05, 0.1) is 24.6 Å². The molecule has 1 aromatic carbocycles. The molecule has 0 N–H and O–H groups in total. The summed E-state index contributed by atoms with van der Waals surface area (Å²) in [5.74, 6) is 1.53. The molecular weight excluding hydrogens is 330 g/mol. The summed E-state index contributed by atoms with van der Waals surface area (Å²) in [5.41, 5.74) is 0.876. The molecule has 1 aliphatic rings. The highest BCUT2D eigenvalue weighted by Gasteiger charge is 2.26. The minimum Gasteiger partial charge on any atom is -0.333 e. The normalized spacial score (nSPS) is 14.5. The molecule has 4 rings (SSSR count). The highest BCUT2D eigenvalue weighted by molar-refractivity contribution is 6.30. The van der Waals surface area contributed by atoms with Gasteiger partial charge in [-0.15, -0.1) is 10.2 Å². The fraction of sp³-hybridized carbons (Fsp3) is 0.267. The van der Waals surface area contributed by atoms with Crippen LogP contribution in [0.25, 0.3) is 5.69 Å². The van der Waals surface area contributed by atoms with Gasteiger partial charge in [-0.25, -0.2) is 0 Å². The Morgan fingerprint density at radius 2 is 1.83 bits per heavy atom. The zero-order chi connectivity index (χ0) is 16.5. The number of hydrogen-bond donors (Lipinski definition) is 0. The van der Waals surface area contributed by atoms with Gasteiger partial charge in [-0.1, -0.05) is 11.6 Å². The quantitative estimate of drug-likeness (QED) is 0.711. The molecule has 1 saturated heterocycles. The average Bonchev–Trinajstić information content (AvgIpc) is 3.30. The van der Waals surface area contributed by atoms with E-state index in [1.54, 1.807) is 12.4 Å². The Morgan fingerprint density at radius 3 is 2.50 bits per heavy atom. The minimum atomic E-state index is 0.205. The first-order chi connectivity index (χ1) is 11.7. The first-order valence-electron chi connectivity index (χ1n) is 7.52. The van der Waals surface area contributed by atoms with Gasteiger partial charge in [0.25, 0.3) is 0 Å². The third-order valence-corrected chi connectivity index (χ3v) is 4.11. The van der Waals surface area contributed by atoms with Crippen LogP contribution in [0, 0.1) is 0 Å². The molecule has 9 heteroatoms. The number of rotatable bonds is 4. The van der Waals surface area contributed by atoms with Crippen molar-refractivity contribution >= 4 is 23.3 Å². The number of Topliss-reactive ketones (excluding diaryl/α,β-unsaturated/α-hetero) is 1. The van der Waals surface area contributed by atoms with E-state index >= 15 is 0 Å². The Labute approximate surface area is 142 Å². The molecule has 0 unspecified atom stereocenters. The number of carbonyl (C=O) groups is 1. The monoisotopic (exact) mass is 343 g/mol. The topological polar surface area (TPSA) is 81.7 Å². The van der Waals surface area contributed by atoms with Crippen molar-refractivity contribution < 1.29 is 4.79 Å². The molecule has 0 spiro atoms. The summed E-state index contributed by atoms with van der Waals surface area (Å²) in [7, 11) is 0. The van der Waals surface area contributed by atoms with E-state index in [1.807, 2.05) is 33.7 Å². The van der Waals surface area contributed by atoms with Crippen LogP contribution in [0.4, 0.5) is 5.95 Å². The summed E-state index contributed by atoms with van der Waals surface area (Å²) >= 11 is 5.99. The minimum absolute atomic E-state index is 0.205. The Morgan fingerprint density at radius 1 is 1.08 bits per heavy atom. The third-order valence-electron chi connectivity index (χ3n) is 3.86. The van der Waals surface area contributed by atoms with Crippen LogP contribution < -0.4 is 4.90 Å². The molecule has 2 aromatic heterocycles. The SMILES string of the molecule is O=C1CCN(c2nnc(Cn3nccn3)n2-c2ccc(Cl)cc2)C1. The zero-order valence-corrected chi connectivity index (χ0v) is 13.5. The number of nitrogens with zero attached hydrogens (tertiary/aromatic N) is 7. The van der Waals surface area contributed by atoms with Crippen molar-refractivity contribution in [3.63, 3.8) is 0 Å². The fourth-order valence-corrected chi connectivity index (χ4v) is 2.85. The highest BCUT2D eigenvalue weighted by atomic mass is 35.5. The number of carbonyl (C=O) groups excluding carboxylic acids is 1. The Kier molecular flexibility index (Phi) is 3.73. The molecule has 122 valence electrons. The van der Waals surface area contributed by atoms with Gasteiger partial charge in [0, 0.05) is 18.0 Å². The van der Waals surface area contributed by atoms with E-state index in [4.69, 9.17) is 11.6 Å². The predicted octanol–water partition coefficient (Wildman–Crippen LogP) is 1.34. The van der Waals surface area contributed by atoms with Crippen LogP contribution >= 0.6 is 11.6 Å². The van der Waals surface area contributed by atoms with E-state index in [0.29, 0.717) is 42.9 Å². The van der Waals surface area contributed by atoms with Crippen LogP contribution in [0.5, 0.6) is 0 Å². The highest BCUT2D eigenvalue weighted by Crippen LogP contribution is 2.24. The van der Waals surface area contributed by atoms with E-state index < -0.39 is 0 Å². The first-order valence-corrected chi connectivity index (χ1v) is 7.89. The smallest absolute Gasteiger partial charge is 0.232 e. The van der Waals surface area contributed by atoms with E-state index in [1.165, 1.54) is 4.80 Å². The van der Waals surface area contributed by atoms with Gasteiger partial charge in [0.2, 0.25) is 5.95 Å². The van der Waals surface area contributed by atoms with E-state index in [9.17, 15) is 4.79 Å². The molecule has 0 bridgehead atoms. The molecule has 0 aliphatic carbocycles. The zero-order valence-electron chi connectivity index (χ0n) is 12.7. The van der Waals surface area contributed by atoms with Gasteiger partial charge < -0.3 is 4.90 Å². The van der Waals surface area contributed by atoms with Crippen LogP contribution in [0.3, 0.4) is 0 Å². The van der Waals surface area contributed by atoms with Crippen molar-refractivity contribution in [2.45, 2.75) is 13.0 Å². The molecule has 1 aliphatic heterocycles. The van der Waals surface area contributed by atoms with Crippen LogP contribution in [0.1, 0.15) is 12.2 Å². The summed E-state index contributed by atoms with van der Waals surface area (Å²) in [6.07, 6.45) is 3.76. The molecule has 1 fully saturated rings. The second-order valence-electron chi connectivity index (χ2n) is 5.50. The van der Waals surface area contributed by atoms with E-state index in [-0.39, 0.29) is 5.78 Å². The molecule has 3 aromatic rings. The van der Waals surface area contributed by atoms with Crippen molar-refractivity contribution in [2.75, 3.05) is 18.0 Å². The summed E-state index contributed by atoms with van der Waals surface area (Å²) in [4.78, 5) is 15.1. The van der Waals surface area contributed by atoms with Crippen LogP contribution in [-0.2, 0) is 11.3 Å². The molecule has 0 radical (unpaired) electrons. The van der Waals surface area contributed by atoms with Crippen molar-refractivity contribution in [3.8, 4) is 5.69 Å². The lowest BCUT2D eigenvalue weighted by atomic mass is 10.3. The van der Waals surface area contributed by atoms with Gasteiger partial charge in [-0.2, -0.15) is 15.0 Å². The van der Waals surface area contributed by atoms with Crippen LogP contribution in [0.2, 0.25) is 5.02 Å². The van der Waals surface area contributed by atoms with Crippen molar-refractivity contribution in [3.05, 3.63) is 47.5 Å². The molecule has 8 nitrogen and oxygen atoms in total. The lowest BCUT2D eigenvalue weighted by molar-refractivity contribution is -0.116. The summed E-state index contributed by atoms with van der Waals surface area (Å²) in [6, 6.07) is 7.41. The molecule has 0 saturated carbocycles. The van der Waals surface area contributed by atoms with Crippen LogP contribution in [0.15, 0.2) is 36.7 Å². The lowest BCUT2D eigenvalue weighted by Gasteiger charge is -2.17. The molecular formula is C15H14ClN7O. The molecule has 3 heterocycles. The largest absolute Gasteiger partial charge is 0.333 e. The molecule has 0 atom stereocenters. The second kappa shape index (κ2) is 6.04. The predicted molar refractivity (Wildman–Crippen MR) is 87.3 cm³/mol. The first kappa shape index (κ1) is 14.8. The Hall–Kier alpha value is -2.74. The summed E-state index contributed by atoms with van der Waals surface area (Å²) in [5, 5.41) is 17.5. The number of hydrogen-bond acceptors (Lipinski definition) is 6. The Balaban J connectivity index is 1.77. The van der Waals surface area contributed by atoms with Gasteiger partial charge >= 0.3 is 0 Å². The Bertz CT molecular complexity index is 857. The maximum atomic E-state index is 11.6. The third kappa shape index (κ3) is 2.76. The average molecular weight is 344 g/mol. The van der Waals surface area contributed by atoms with Crippen molar-refractivity contribution in [1.29, 1.82) is 0 Å².